The Balaban J connectivity index is 1.63. The van der Waals surface area contributed by atoms with Gasteiger partial charge >= 0.3 is 0 Å². The fraction of sp³-hybridized carbons (Fsp3) is 0.619. The van der Waals surface area contributed by atoms with Gasteiger partial charge in [-0.25, -0.2) is 0 Å². The van der Waals surface area contributed by atoms with Gasteiger partial charge in [-0.2, -0.15) is 0 Å². The van der Waals surface area contributed by atoms with Crippen LogP contribution in [0.2, 0.25) is 0 Å². The van der Waals surface area contributed by atoms with E-state index in [1.807, 2.05) is 17.9 Å². The molecule has 3 rings (SSSR count). The van der Waals surface area contributed by atoms with Gasteiger partial charge < -0.3 is 25.0 Å². The summed E-state index contributed by atoms with van der Waals surface area (Å²) in [4.78, 5) is 29.8. The van der Waals surface area contributed by atoms with Crippen molar-refractivity contribution in [1.29, 1.82) is 0 Å². The number of para-hydroxylation sites is 1. The lowest BCUT2D eigenvalue weighted by molar-refractivity contribution is -0.139. The van der Waals surface area contributed by atoms with Crippen molar-refractivity contribution < 1.29 is 19.4 Å². The molecule has 1 aromatic carbocycles. The molecule has 0 spiro atoms. The summed E-state index contributed by atoms with van der Waals surface area (Å²) in [6, 6.07) is 6.64. The SMILES string of the molecule is CCOc1ccccc1C(=O)N[C@@H]1C[C@@H](C(=O)N2CCN(C)CC2)CC[C@H]1O. The highest BCUT2D eigenvalue weighted by molar-refractivity contribution is 5.97. The smallest absolute Gasteiger partial charge is 0.255 e. The zero-order chi connectivity index (χ0) is 20.1. The Hall–Kier alpha value is -2.12. The largest absolute Gasteiger partial charge is 0.493 e. The minimum absolute atomic E-state index is 0.147. The molecule has 1 aromatic rings. The first kappa shape index (κ1) is 20.6. The van der Waals surface area contributed by atoms with Crippen LogP contribution in [0.1, 0.15) is 36.5 Å². The molecule has 2 aliphatic rings. The molecule has 0 unspecified atom stereocenters. The molecule has 2 amide bonds. The lowest BCUT2D eigenvalue weighted by Gasteiger charge is -2.38. The number of benzene rings is 1. The highest BCUT2D eigenvalue weighted by atomic mass is 16.5. The summed E-state index contributed by atoms with van der Waals surface area (Å²) < 4.78 is 5.53. The van der Waals surface area contributed by atoms with E-state index < -0.39 is 12.1 Å². The van der Waals surface area contributed by atoms with Crippen LogP contribution in [0.15, 0.2) is 24.3 Å². The van der Waals surface area contributed by atoms with E-state index in [1.54, 1.807) is 18.2 Å². The summed E-state index contributed by atoms with van der Waals surface area (Å²) in [5.41, 5.74) is 0.448. The molecular weight excluding hydrogens is 358 g/mol. The van der Waals surface area contributed by atoms with Crippen LogP contribution in [-0.4, -0.2) is 78.7 Å². The Morgan fingerprint density at radius 3 is 2.61 bits per heavy atom. The number of hydrogen-bond donors (Lipinski definition) is 2. The van der Waals surface area contributed by atoms with E-state index in [2.05, 4.69) is 17.3 Å². The summed E-state index contributed by atoms with van der Waals surface area (Å²) >= 11 is 0. The summed E-state index contributed by atoms with van der Waals surface area (Å²) in [6.07, 6.45) is 1.01. The number of carbonyl (C=O) groups is 2. The van der Waals surface area contributed by atoms with E-state index in [-0.39, 0.29) is 17.7 Å². The first-order chi connectivity index (χ1) is 13.5. The average Bonchev–Trinajstić information content (AvgIpc) is 2.70. The Bertz CT molecular complexity index is 688. The second kappa shape index (κ2) is 9.39. The topological polar surface area (TPSA) is 82.1 Å². The van der Waals surface area contributed by atoms with Crippen LogP contribution in [0.25, 0.3) is 0 Å². The number of aliphatic hydroxyl groups is 1. The maximum atomic E-state index is 12.9. The maximum Gasteiger partial charge on any atom is 0.255 e. The number of nitrogens with zero attached hydrogens (tertiary/aromatic N) is 2. The van der Waals surface area contributed by atoms with Crippen molar-refractivity contribution >= 4 is 11.8 Å². The molecule has 0 bridgehead atoms. The van der Waals surface area contributed by atoms with E-state index in [1.165, 1.54) is 0 Å². The third kappa shape index (κ3) is 4.83. The highest BCUT2D eigenvalue weighted by Gasteiger charge is 2.36. The van der Waals surface area contributed by atoms with Gasteiger partial charge in [0.25, 0.3) is 5.91 Å². The standard InChI is InChI=1S/C21H31N3O4/c1-3-28-19-7-5-4-6-16(19)20(26)22-17-14-15(8-9-18(17)25)21(27)24-12-10-23(2)11-13-24/h4-7,15,17-18,25H,3,8-14H2,1-2H3,(H,22,26)/t15-,17+,18+/m0/s1. The van der Waals surface area contributed by atoms with Gasteiger partial charge in [-0.15, -0.1) is 0 Å². The van der Waals surface area contributed by atoms with Crippen LogP contribution < -0.4 is 10.1 Å². The summed E-state index contributed by atoms with van der Waals surface area (Å²) in [6.45, 7) is 5.59. The van der Waals surface area contributed by atoms with Crippen LogP contribution >= 0.6 is 0 Å². The molecule has 7 heteroatoms. The molecule has 28 heavy (non-hydrogen) atoms. The van der Waals surface area contributed by atoms with Crippen molar-refractivity contribution in [3.63, 3.8) is 0 Å². The number of piperazine rings is 1. The van der Waals surface area contributed by atoms with Gasteiger partial charge in [0, 0.05) is 32.1 Å². The molecule has 1 saturated heterocycles. The molecule has 1 heterocycles. The van der Waals surface area contributed by atoms with E-state index >= 15 is 0 Å². The van der Waals surface area contributed by atoms with Crippen molar-refractivity contribution in [1.82, 2.24) is 15.1 Å². The van der Waals surface area contributed by atoms with Crippen molar-refractivity contribution in [2.24, 2.45) is 5.92 Å². The number of likely N-dealkylation sites (N-methyl/N-ethyl adjacent to an activating group) is 1. The molecular formula is C21H31N3O4. The lowest BCUT2D eigenvalue weighted by Crippen LogP contribution is -2.53. The van der Waals surface area contributed by atoms with E-state index in [0.717, 1.165) is 26.2 Å². The quantitative estimate of drug-likeness (QED) is 0.789. The first-order valence-corrected chi connectivity index (χ1v) is 10.2. The highest BCUT2D eigenvalue weighted by Crippen LogP contribution is 2.28. The van der Waals surface area contributed by atoms with Crippen LogP contribution in [0.5, 0.6) is 5.75 Å². The fourth-order valence-electron chi connectivity index (χ4n) is 4.00. The lowest BCUT2D eigenvalue weighted by atomic mass is 9.82. The summed E-state index contributed by atoms with van der Waals surface area (Å²) in [7, 11) is 2.06. The van der Waals surface area contributed by atoms with Crippen LogP contribution in [0, 0.1) is 5.92 Å². The minimum Gasteiger partial charge on any atom is -0.493 e. The second-order valence-corrected chi connectivity index (χ2v) is 7.72. The monoisotopic (exact) mass is 389 g/mol. The van der Waals surface area contributed by atoms with Crippen molar-refractivity contribution in [3.05, 3.63) is 29.8 Å². The maximum absolute atomic E-state index is 12.9. The van der Waals surface area contributed by atoms with E-state index in [4.69, 9.17) is 4.74 Å². The van der Waals surface area contributed by atoms with Crippen LogP contribution in [-0.2, 0) is 4.79 Å². The Labute approximate surface area is 166 Å². The first-order valence-electron chi connectivity index (χ1n) is 10.2. The van der Waals surface area contributed by atoms with Crippen molar-refractivity contribution in [3.8, 4) is 5.75 Å². The number of carbonyl (C=O) groups excluding carboxylic acids is 2. The van der Waals surface area contributed by atoms with E-state index in [9.17, 15) is 14.7 Å². The van der Waals surface area contributed by atoms with Gasteiger partial charge in [0.05, 0.1) is 24.3 Å². The molecule has 7 nitrogen and oxygen atoms in total. The van der Waals surface area contributed by atoms with Gasteiger partial charge in [0.1, 0.15) is 5.75 Å². The predicted octanol–water partition coefficient (Wildman–Crippen LogP) is 1.12. The molecule has 2 fully saturated rings. The zero-order valence-corrected chi connectivity index (χ0v) is 16.8. The summed E-state index contributed by atoms with van der Waals surface area (Å²) in [5, 5.41) is 13.3. The Morgan fingerprint density at radius 1 is 1.18 bits per heavy atom. The summed E-state index contributed by atoms with van der Waals surface area (Å²) in [5.74, 6) is 0.242. The normalized spacial score (nSPS) is 26.0. The molecule has 3 atom stereocenters. The molecule has 2 N–H and O–H groups in total. The number of nitrogens with one attached hydrogen (secondary N) is 1. The predicted molar refractivity (Wildman–Crippen MR) is 106 cm³/mol. The van der Waals surface area contributed by atoms with Crippen molar-refractivity contribution in [2.75, 3.05) is 39.8 Å². The fourth-order valence-corrected chi connectivity index (χ4v) is 4.00. The number of ether oxygens (including phenoxy) is 1. The van der Waals surface area contributed by atoms with Gasteiger partial charge in [-0.3, -0.25) is 9.59 Å². The van der Waals surface area contributed by atoms with Crippen LogP contribution in [0.4, 0.5) is 0 Å². The van der Waals surface area contributed by atoms with Crippen LogP contribution in [0.3, 0.4) is 0 Å². The van der Waals surface area contributed by atoms with Gasteiger partial charge in [-0.1, -0.05) is 12.1 Å². The average molecular weight is 389 g/mol. The van der Waals surface area contributed by atoms with Gasteiger partial charge in [0.2, 0.25) is 5.91 Å². The molecule has 154 valence electrons. The van der Waals surface area contributed by atoms with Gasteiger partial charge in [-0.05, 0) is 45.4 Å². The zero-order valence-electron chi connectivity index (χ0n) is 16.8. The van der Waals surface area contributed by atoms with E-state index in [0.29, 0.717) is 37.2 Å². The Kier molecular flexibility index (Phi) is 6.91. The molecule has 0 aromatic heterocycles. The Morgan fingerprint density at radius 2 is 1.89 bits per heavy atom. The molecule has 1 aliphatic carbocycles. The number of rotatable bonds is 5. The minimum atomic E-state index is -0.639. The third-order valence-electron chi connectivity index (χ3n) is 5.73. The second-order valence-electron chi connectivity index (χ2n) is 7.72. The number of amides is 2. The van der Waals surface area contributed by atoms with Crippen molar-refractivity contribution in [2.45, 2.75) is 38.3 Å². The van der Waals surface area contributed by atoms with Gasteiger partial charge in [0.15, 0.2) is 0 Å². The molecule has 1 saturated carbocycles. The third-order valence-corrected chi connectivity index (χ3v) is 5.73. The number of aliphatic hydroxyl groups excluding tert-OH is 1. The number of hydrogen-bond acceptors (Lipinski definition) is 5. The molecule has 1 aliphatic heterocycles. The molecule has 0 radical (unpaired) electrons.